The van der Waals surface area contributed by atoms with Crippen molar-refractivity contribution in [3.8, 4) is 5.75 Å². The van der Waals surface area contributed by atoms with Crippen LogP contribution in [0.4, 0.5) is 8.78 Å². The zero-order chi connectivity index (χ0) is 23.5. The molecular weight excluding hydrogens is 434 g/mol. The SMILES string of the molecule is COc1ccc(F)cc1/C(O)=C1\C(=O)C(=O)N(CCN2CCOCC2)[C@H]1c1cccc(F)c1. The number of methoxy groups -OCH3 is 1. The fraction of sp³-hybridized carbons (Fsp3) is 0.333. The molecule has 0 aliphatic carbocycles. The van der Waals surface area contributed by atoms with Crippen LogP contribution in [0, 0.1) is 11.6 Å². The minimum Gasteiger partial charge on any atom is -0.507 e. The molecule has 33 heavy (non-hydrogen) atoms. The molecule has 0 spiro atoms. The summed E-state index contributed by atoms with van der Waals surface area (Å²) in [5, 5.41) is 11.1. The Morgan fingerprint density at radius 1 is 1.09 bits per heavy atom. The first kappa shape index (κ1) is 22.9. The molecule has 0 aromatic heterocycles. The number of hydrogen-bond acceptors (Lipinski definition) is 6. The smallest absolute Gasteiger partial charge is 0.295 e. The van der Waals surface area contributed by atoms with E-state index in [9.17, 15) is 23.5 Å². The van der Waals surface area contributed by atoms with E-state index in [4.69, 9.17) is 9.47 Å². The predicted molar refractivity (Wildman–Crippen MR) is 116 cm³/mol. The van der Waals surface area contributed by atoms with Crippen molar-refractivity contribution in [3.63, 3.8) is 0 Å². The van der Waals surface area contributed by atoms with Gasteiger partial charge in [-0.15, -0.1) is 0 Å². The summed E-state index contributed by atoms with van der Waals surface area (Å²) in [6, 6.07) is 7.98. The molecule has 2 aliphatic heterocycles. The van der Waals surface area contributed by atoms with Gasteiger partial charge in [0.1, 0.15) is 23.1 Å². The minimum absolute atomic E-state index is 0.0647. The molecular formula is C24H24F2N2O5. The van der Waals surface area contributed by atoms with Crippen LogP contribution in [0.1, 0.15) is 17.2 Å². The highest BCUT2D eigenvalue weighted by molar-refractivity contribution is 6.46. The molecule has 2 saturated heterocycles. The molecule has 1 N–H and O–H groups in total. The molecule has 0 radical (unpaired) electrons. The molecule has 2 aliphatic rings. The fourth-order valence-electron chi connectivity index (χ4n) is 4.22. The Kier molecular flexibility index (Phi) is 6.71. The first-order valence-corrected chi connectivity index (χ1v) is 10.6. The summed E-state index contributed by atoms with van der Waals surface area (Å²) < 4.78 is 38.6. The average molecular weight is 458 g/mol. The van der Waals surface area contributed by atoms with Gasteiger partial charge in [0.05, 0.1) is 37.5 Å². The van der Waals surface area contributed by atoms with Crippen LogP contribution in [-0.2, 0) is 14.3 Å². The molecule has 2 aromatic rings. The summed E-state index contributed by atoms with van der Waals surface area (Å²) in [5.41, 5.74) is 0.0228. The zero-order valence-corrected chi connectivity index (χ0v) is 18.1. The van der Waals surface area contributed by atoms with Crippen LogP contribution in [0.3, 0.4) is 0 Å². The summed E-state index contributed by atoms with van der Waals surface area (Å²) in [7, 11) is 1.34. The highest BCUT2D eigenvalue weighted by Gasteiger charge is 2.46. The number of ether oxygens (including phenoxy) is 2. The maximum atomic E-state index is 14.1. The van der Waals surface area contributed by atoms with Gasteiger partial charge in [-0.1, -0.05) is 12.1 Å². The van der Waals surface area contributed by atoms with E-state index in [1.54, 1.807) is 6.07 Å². The Bertz CT molecular complexity index is 1100. The van der Waals surface area contributed by atoms with Crippen LogP contribution < -0.4 is 4.74 Å². The largest absolute Gasteiger partial charge is 0.507 e. The third-order valence-corrected chi connectivity index (χ3v) is 5.88. The number of nitrogens with zero attached hydrogens (tertiary/aromatic N) is 2. The normalized spacial score (nSPS) is 20.9. The number of amides is 1. The van der Waals surface area contributed by atoms with Gasteiger partial charge in [0.15, 0.2) is 0 Å². The van der Waals surface area contributed by atoms with E-state index < -0.39 is 35.1 Å². The summed E-state index contributed by atoms with van der Waals surface area (Å²) in [4.78, 5) is 29.5. The number of aliphatic hydroxyl groups is 1. The summed E-state index contributed by atoms with van der Waals surface area (Å²) in [6.07, 6.45) is 0. The van der Waals surface area contributed by atoms with E-state index in [1.165, 1.54) is 36.3 Å². The number of halogens is 2. The maximum absolute atomic E-state index is 14.1. The van der Waals surface area contributed by atoms with Gasteiger partial charge >= 0.3 is 0 Å². The number of Topliss-reactive ketones (excluding diaryl/α,β-unsaturated/α-hetero) is 1. The van der Waals surface area contributed by atoms with Gasteiger partial charge in [0.25, 0.3) is 11.7 Å². The second-order valence-corrected chi connectivity index (χ2v) is 7.85. The molecule has 0 saturated carbocycles. The first-order chi connectivity index (χ1) is 15.9. The summed E-state index contributed by atoms with van der Waals surface area (Å²) >= 11 is 0. The number of rotatable bonds is 6. The lowest BCUT2D eigenvalue weighted by Crippen LogP contribution is -2.42. The van der Waals surface area contributed by atoms with E-state index in [1.807, 2.05) is 0 Å². The Morgan fingerprint density at radius 3 is 2.52 bits per heavy atom. The average Bonchev–Trinajstić information content (AvgIpc) is 3.07. The maximum Gasteiger partial charge on any atom is 0.295 e. The van der Waals surface area contributed by atoms with Gasteiger partial charge in [-0.2, -0.15) is 0 Å². The second kappa shape index (κ2) is 9.68. The summed E-state index contributed by atoms with van der Waals surface area (Å²) in [6.45, 7) is 3.19. The molecule has 2 heterocycles. The monoisotopic (exact) mass is 458 g/mol. The van der Waals surface area contributed by atoms with Crippen molar-refractivity contribution in [2.45, 2.75) is 6.04 Å². The van der Waals surface area contributed by atoms with Crippen LogP contribution in [0.25, 0.3) is 5.76 Å². The molecule has 2 aromatic carbocycles. The number of aliphatic hydroxyl groups excluding tert-OH is 1. The van der Waals surface area contributed by atoms with E-state index in [2.05, 4.69) is 4.90 Å². The lowest BCUT2D eigenvalue weighted by atomic mass is 9.95. The van der Waals surface area contributed by atoms with Crippen molar-refractivity contribution >= 4 is 17.4 Å². The summed E-state index contributed by atoms with van der Waals surface area (Å²) in [5.74, 6) is -3.38. The van der Waals surface area contributed by atoms with Gasteiger partial charge < -0.3 is 19.5 Å². The number of morpholine rings is 1. The Hall–Kier alpha value is -3.30. The highest BCUT2D eigenvalue weighted by Crippen LogP contribution is 2.41. The van der Waals surface area contributed by atoms with Gasteiger partial charge in [-0.25, -0.2) is 8.78 Å². The number of benzene rings is 2. The second-order valence-electron chi connectivity index (χ2n) is 7.85. The van der Waals surface area contributed by atoms with Crippen LogP contribution >= 0.6 is 0 Å². The Labute approximate surface area is 189 Å². The number of likely N-dealkylation sites (tertiary alicyclic amines) is 1. The predicted octanol–water partition coefficient (Wildman–Crippen LogP) is 2.73. The molecule has 0 unspecified atom stereocenters. The van der Waals surface area contributed by atoms with E-state index >= 15 is 0 Å². The number of ketones is 1. The standard InChI is InChI=1S/C24H24F2N2O5/c1-32-19-6-5-17(26)14-18(19)22(29)20-21(15-3-2-4-16(25)13-15)28(24(31)23(20)30)8-7-27-9-11-33-12-10-27/h2-6,13-14,21,29H,7-12H2,1H3/b22-20+/t21-/m0/s1. The van der Waals surface area contributed by atoms with Gasteiger partial charge in [-0.05, 0) is 35.9 Å². The molecule has 7 nitrogen and oxygen atoms in total. The van der Waals surface area contributed by atoms with Crippen LogP contribution in [0.15, 0.2) is 48.0 Å². The van der Waals surface area contributed by atoms with Crippen molar-refractivity contribution in [1.82, 2.24) is 9.80 Å². The van der Waals surface area contributed by atoms with Gasteiger partial charge in [-0.3, -0.25) is 14.5 Å². The first-order valence-electron chi connectivity index (χ1n) is 10.6. The number of carbonyl (C=O) groups excluding carboxylic acids is 2. The topological polar surface area (TPSA) is 79.3 Å². The van der Waals surface area contributed by atoms with E-state index in [0.29, 0.717) is 38.4 Å². The fourth-order valence-corrected chi connectivity index (χ4v) is 4.22. The van der Waals surface area contributed by atoms with Crippen LogP contribution in [0.2, 0.25) is 0 Å². The van der Waals surface area contributed by atoms with Crippen LogP contribution in [0.5, 0.6) is 5.75 Å². The van der Waals surface area contributed by atoms with Crippen LogP contribution in [-0.4, -0.2) is 73.1 Å². The van der Waals surface area contributed by atoms with Crippen molar-refractivity contribution in [3.05, 3.63) is 70.8 Å². The van der Waals surface area contributed by atoms with Crippen molar-refractivity contribution in [2.75, 3.05) is 46.5 Å². The molecule has 1 amide bonds. The molecule has 174 valence electrons. The highest BCUT2D eigenvalue weighted by atomic mass is 19.1. The molecule has 4 rings (SSSR count). The van der Waals surface area contributed by atoms with Crippen molar-refractivity contribution < 1.29 is 33.0 Å². The van der Waals surface area contributed by atoms with Gasteiger partial charge in [0.2, 0.25) is 0 Å². The van der Waals surface area contributed by atoms with Crippen molar-refractivity contribution in [2.24, 2.45) is 0 Å². The number of hydrogen-bond donors (Lipinski definition) is 1. The quantitative estimate of drug-likeness (QED) is 0.408. The lowest BCUT2D eigenvalue weighted by molar-refractivity contribution is -0.140. The Morgan fingerprint density at radius 2 is 1.82 bits per heavy atom. The minimum atomic E-state index is -1.03. The zero-order valence-electron chi connectivity index (χ0n) is 18.1. The molecule has 0 bridgehead atoms. The van der Waals surface area contributed by atoms with Crippen molar-refractivity contribution in [1.29, 1.82) is 0 Å². The number of carbonyl (C=O) groups is 2. The third-order valence-electron chi connectivity index (χ3n) is 5.88. The molecule has 1 atom stereocenters. The van der Waals surface area contributed by atoms with E-state index in [-0.39, 0.29) is 23.4 Å². The third kappa shape index (κ3) is 4.60. The van der Waals surface area contributed by atoms with Gasteiger partial charge in [0, 0.05) is 26.2 Å². The van der Waals surface area contributed by atoms with E-state index in [0.717, 1.165) is 12.1 Å². The molecule has 2 fully saturated rings. The lowest BCUT2D eigenvalue weighted by Gasteiger charge is -2.31. The Balaban J connectivity index is 1.79. The molecule has 9 heteroatoms.